The van der Waals surface area contributed by atoms with Gasteiger partial charge in [0.1, 0.15) is 0 Å². The zero-order valence-corrected chi connectivity index (χ0v) is 18.1. The van der Waals surface area contributed by atoms with Crippen LogP contribution in [0.15, 0.2) is 70.6 Å². The normalized spacial score (nSPS) is 15.6. The first kappa shape index (κ1) is 19.3. The summed E-state index contributed by atoms with van der Waals surface area (Å²) in [4.78, 5) is 13.8. The Balaban J connectivity index is 1.76. The topological polar surface area (TPSA) is 47.2 Å². The minimum Gasteiger partial charge on any atom is -0.481 e. The van der Waals surface area contributed by atoms with Gasteiger partial charge in [-0.25, -0.2) is 0 Å². The first-order valence-electron chi connectivity index (χ1n) is 9.95. The summed E-state index contributed by atoms with van der Waals surface area (Å²) in [5.74, 6) is -0.727. The average Bonchev–Trinajstić information content (AvgIpc) is 3.40. The number of hydrogen-bond acceptors (Lipinski definition) is 2. The lowest BCUT2D eigenvalue weighted by atomic mass is 9.99. The fourth-order valence-electron chi connectivity index (χ4n) is 4.54. The molecule has 1 aliphatic rings. The van der Waals surface area contributed by atoms with Gasteiger partial charge in [0.25, 0.3) is 0 Å². The quantitative estimate of drug-likeness (QED) is 0.393. The van der Waals surface area contributed by atoms with Crippen LogP contribution in [0.2, 0.25) is 5.02 Å². The van der Waals surface area contributed by atoms with Gasteiger partial charge in [-0.15, -0.1) is 0 Å². The Bertz CT molecular complexity index is 1260. The van der Waals surface area contributed by atoms with E-state index in [4.69, 9.17) is 11.6 Å². The number of aliphatic carboxylic acids is 1. The molecule has 0 saturated carbocycles. The van der Waals surface area contributed by atoms with Crippen molar-refractivity contribution in [3.63, 3.8) is 0 Å². The van der Waals surface area contributed by atoms with E-state index in [1.165, 1.54) is 16.5 Å². The molecule has 6 heteroatoms. The van der Waals surface area contributed by atoms with Crippen LogP contribution >= 0.6 is 23.4 Å². The van der Waals surface area contributed by atoms with Crippen LogP contribution in [0.5, 0.6) is 0 Å². The third-order valence-electron chi connectivity index (χ3n) is 5.85. The Labute approximate surface area is 184 Å². The number of aryl methyl sites for hydroxylation is 2. The third kappa shape index (κ3) is 3.22. The molecule has 0 fully saturated rings. The second-order valence-electron chi connectivity index (χ2n) is 7.71. The molecule has 2 aromatic heterocycles. The van der Waals surface area contributed by atoms with Crippen LogP contribution in [0.4, 0.5) is 0 Å². The molecule has 30 heavy (non-hydrogen) atoms. The van der Waals surface area contributed by atoms with Crippen LogP contribution in [0.1, 0.15) is 24.5 Å². The van der Waals surface area contributed by atoms with Crippen LogP contribution in [0, 0.1) is 0 Å². The minimum atomic E-state index is -0.746. The van der Waals surface area contributed by atoms with Gasteiger partial charge in [0, 0.05) is 62.9 Å². The lowest BCUT2D eigenvalue weighted by Gasteiger charge is -2.12. The molecule has 0 saturated heterocycles. The van der Waals surface area contributed by atoms with Crippen LogP contribution in [-0.4, -0.2) is 20.2 Å². The third-order valence-corrected chi connectivity index (χ3v) is 7.22. The van der Waals surface area contributed by atoms with E-state index in [1.807, 2.05) is 24.3 Å². The lowest BCUT2D eigenvalue weighted by molar-refractivity contribution is -0.137. The summed E-state index contributed by atoms with van der Waals surface area (Å²) in [5, 5.41) is 11.4. The largest absolute Gasteiger partial charge is 0.481 e. The Morgan fingerprint density at radius 3 is 2.67 bits per heavy atom. The van der Waals surface area contributed by atoms with Crippen molar-refractivity contribution in [1.29, 1.82) is 0 Å². The molecule has 1 unspecified atom stereocenters. The van der Waals surface area contributed by atoms with Crippen LogP contribution < -0.4 is 0 Å². The summed E-state index contributed by atoms with van der Waals surface area (Å²) in [5.41, 5.74) is 4.65. The van der Waals surface area contributed by atoms with Crippen molar-refractivity contribution in [1.82, 2.24) is 9.13 Å². The zero-order chi connectivity index (χ0) is 20.8. The molecular formula is C24H21ClN2O2S. The highest BCUT2D eigenvalue weighted by Crippen LogP contribution is 2.49. The number of rotatable bonds is 5. The summed E-state index contributed by atoms with van der Waals surface area (Å²) >= 11 is 7.80. The molecule has 1 N–H and O–H groups in total. The minimum absolute atomic E-state index is 0.0194. The van der Waals surface area contributed by atoms with Gasteiger partial charge in [-0.2, -0.15) is 0 Å². The van der Waals surface area contributed by atoms with Gasteiger partial charge in [0.05, 0.1) is 11.9 Å². The number of carboxylic acids is 1. The van der Waals surface area contributed by atoms with E-state index < -0.39 is 5.97 Å². The number of hydrogen-bond donors (Lipinski definition) is 1. The molecule has 0 spiro atoms. The molecule has 1 atom stereocenters. The zero-order valence-electron chi connectivity index (χ0n) is 16.5. The summed E-state index contributed by atoms with van der Waals surface area (Å²) in [6, 6.07) is 18.4. The van der Waals surface area contributed by atoms with Crippen molar-refractivity contribution in [3.05, 3.63) is 71.5 Å². The number of carboxylic acid groups (broad SMARTS) is 1. The Kier molecular flexibility index (Phi) is 4.88. The van der Waals surface area contributed by atoms with Crippen molar-refractivity contribution in [2.24, 2.45) is 7.05 Å². The lowest BCUT2D eigenvalue weighted by Crippen LogP contribution is -2.04. The van der Waals surface area contributed by atoms with Crippen molar-refractivity contribution in [2.45, 2.75) is 35.1 Å². The Morgan fingerprint density at radius 1 is 1.17 bits per heavy atom. The van der Waals surface area contributed by atoms with E-state index in [2.05, 4.69) is 52.7 Å². The molecule has 1 aliphatic heterocycles. The fraction of sp³-hybridized carbons (Fsp3) is 0.208. The maximum Gasteiger partial charge on any atom is 0.304 e. The van der Waals surface area contributed by atoms with E-state index in [0.29, 0.717) is 5.02 Å². The molecule has 3 heterocycles. The number of aromatic nitrogens is 2. The van der Waals surface area contributed by atoms with Crippen molar-refractivity contribution >= 4 is 40.2 Å². The highest BCUT2D eigenvalue weighted by Gasteiger charge is 2.32. The Morgan fingerprint density at radius 2 is 1.97 bits per heavy atom. The highest BCUT2D eigenvalue weighted by molar-refractivity contribution is 7.99. The Hall–Kier alpha value is -2.63. The average molecular weight is 437 g/mol. The van der Waals surface area contributed by atoms with E-state index in [9.17, 15) is 9.90 Å². The monoisotopic (exact) mass is 436 g/mol. The molecule has 0 bridgehead atoms. The number of fused-ring (bicyclic) bond motifs is 3. The molecule has 0 radical (unpaired) electrons. The molecule has 4 nitrogen and oxygen atoms in total. The predicted molar refractivity (Wildman–Crippen MR) is 122 cm³/mol. The summed E-state index contributed by atoms with van der Waals surface area (Å²) < 4.78 is 4.46. The van der Waals surface area contributed by atoms with E-state index in [0.717, 1.165) is 34.1 Å². The number of carbonyl (C=O) groups is 1. The van der Waals surface area contributed by atoms with Crippen molar-refractivity contribution in [3.8, 4) is 11.3 Å². The first-order chi connectivity index (χ1) is 14.5. The van der Waals surface area contributed by atoms with Crippen molar-refractivity contribution in [2.75, 3.05) is 0 Å². The highest BCUT2D eigenvalue weighted by atomic mass is 35.5. The maximum atomic E-state index is 11.6. The summed E-state index contributed by atoms with van der Waals surface area (Å²) in [7, 11) is 2.05. The molecule has 2 aromatic carbocycles. The summed E-state index contributed by atoms with van der Waals surface area (Å²) in [6.07, 6.45) is 3.07. The van der Waals surface area contributed by atoms with E-state index in [-0.39, 0.29) is 12.3 Å². The summed E-state index contributed by atoms with van der Waals surface area (Å²) in [6.45, 7) is 0.849. The van der Waals surface area contributed by atoms with Gasteiger partial charge in [-0.1, -0.05) is 35.5 Å². The predicted octanol–water partition coefficient (Wildman–Crippen LogP) is 6.41. The van der Waals surface area contributed by atoms with Crippen LogP contribution in [0.3, 0.4) is 0 Å². The van der Waals surface area contributed by atoms with Crippen LogP contribution in [0.25, 0.3) is 22.2 Å². The smallest absolute Gasteiger partial charge is 0.304 e. The second kappa shape index (κ2) is 7.56. The van der Waals surface area contributed by atoms with Gasteiger partial charge >= 0.3 is 5.97 Å². The SMILES string of the molecule is Cn1cccc1-c1cccc2c1c(Sc1ccc(Cl)cc1)c1n2CCC1CC(=O)O. The molecule has 0 aliphatic carbocycles. The van der Waals surface area contributed by atoms with E-state index in [1.54, 1.807) is 11.8 Å². The molecule has 0 amide bonds. The van der Waals surface area contributed by atoms with Crippen LogP contribution in [-0.2, 0) is 18.4 Å². The van der Waals surface area contributed by atoms with Gasteiger partial charge in [-0.05, 0) is 48.9 Å². The van der Waals surface area contributed by atoms with E-state index >= 15 is 0 Å². The standard InChI is InChI=1S/C24H21ClN2O2S/c1-26-12-3-6-19(26)18-4-2-5-20-22(18)24(30-17-9-7-16(25)8-10-17)23-15(14-21(28)29)11-13-27(20)23/h2-10,12,15H,11,13-14H2,1H3,(H,28,29). The van der Waals surface area contributed by atoms with Gasteiger partial charge in [-0.3, -0.25) is 4.79 Å². The molecule has 152 valence electrons. The van der Waals surface area contributed by atoms with Gasteiger partial charge in [0.2, 0.25) is 0 Å². The maximum absolute atomic E-state index is 11.6. The number of nitrogens with zero attached hydrogens (tertiary/aromatic N) is 2. The van der Waals surface area contributed by atoms with Gasteiger partial charge in [0.15, 0.2) is 0 Å². The van der Waals surface area contributed by atoms with Crippen molar-refractivity contribution < 1.29 is 9.90 Å². The van der Waals surface area contributed by atoms with Gasteiger partial charge < -0.3 is 14.2 Å². The first-order valence-corrected chi connectivity index (χ1v) is 11.1. The molecular weight excluding hydrogens is 416 g/mol. The fourth-order valence-corrected chi connectivity index (χ4v) is 5.87. The number of halogens is 1. The molecule has 4 aromatic rings. The molecule has 5 rings (SSSR count). The number of benzene rings is 2. The second-order valence-corrected chi connectivity index (χ2v) is 9.23.